The highest BCUT2D eigenvalue weighted by Gasteiger charge is 2.19. The molecule has 78 valence electrons. The fourth-order valence-corrected chi connectivity index (χ4v) is 1.66. The molecule has 0 unspecified atom stereocenters. The van der Waals surface area contributed by atoms with Gasteiger partial charge in [-0.25, -0.2) is 4.98 Å². The van der Waals surface area contributed by atoms with E-state index >= 15 is 0 Å². The summed E-state index contributed by atoms with van der Waals surface area (Å²) < 4.78 is 0. The van der Waals surface area contributed by atoms with E-state index in [1.807, 2.05) is 0 Å². The molecule has 2 rings (SSSR count). The van der Waals surface area contributed by atoms with Gasteiger partial charge in [-0.05, 0) is 24.9 Å². The normalized spacial score (nSPS) is 17.4. The van der Waals surface area contributed by atoms with Crippen LogP contribution in [-0.2, 0) is 12.8 Å². The molecule has 0 saturated carbocycles. The fraction of sp³-hybridized carbons (Fsp3) is 0.800. The first kappa shape index (κ1) is 9.65. The van der Waals surface area contributed by atoms with Crippen LogP contribution in [0.15, 0.2) is 0 Å². The van der Waals surface area contributed by atoms with Gasteiger partial charge >= 0.3 is 0 Å². The van der Waals surface area contributed by atoms with Crippen LogP contribution in [0.5, 0.6) is 0 Å². The lowest BCUT2D eigenvalue weighted by Crippen LogP contribution is -2.43. The number of nitrogens with one attached hydrogen (secondary N) is 2. The molecule has 1 aliphatic rings. The van der Waals surface area contributed by atoms with Crippen molar-refractivity contribution in [3.63, 3.8) is 0 Å². The summed E-state index contributed by atoms with van der Waals surface area (Å²) in [7, 11) is 0. The first-order valence-corrected chi connectivity index (χ1v) is 5.35. The highest BCUT2D eigenvalue weighted by molar-refractivity contribution is 4.94. The quantitative estimate of drug-likeness (QED) is 0.744. The van der Waals surface area contributed by atoms with E-state index in [0.29, 0.717) is 5.92 Å². The third-order valence-corrected chi connectivity index (χ3v) is 2.52. The Kier molecular flexibility index (Phi) is 2.82. The van der Waals surface area contributed by atoms with Gasteiger partial charge in [0.1, 0.15) is 5.82 Å². The molecule has 1 fully saturated rings. The van der Waals surface area contributed by atoms with Crippen molar-refractivity contribution in [3.05, 3.63) is 11.6 Å². The second-order valence-electron chi connectivity index (χ2n) is 4.52. The number of rotatable bonds is 4. The molecule has 0 aliphatic carbocycles. The average Bonchev–Trinajstić information content (AvgIpc) is 2.44. The Morgan fingerprint density at radius 2 is 2.21 bits per heavy atom. The van der Waals surface area contributed by atoms with Crippen molar-refractivity contribution in [1.29, 1.82) is 0 Å². The standard InChI is InChI=1S/C10H18N4/c1-7(2)3-9-12-10(14-13-9)4-8-5-11-6-8/h7-8,11H,3-6H2,1-2H3,(H,12,13,14). The average molecular weight is 194 g/mol. The van der Waals surface area contributed by atoms with Crippen LogP contribution in [0.1, 0.15) is 25.5 Å². The molecule has 1 aromatic rings. The Balaban J connectivity index is 1.88. The van der Waals surface area contributed by atoms with E-state index < -0.39 is 0 Å². The number of hydrogen-bond acceptors (Lipinski definition) is 3. The smallest absolute Gasteiger partial charge is 0.151 e. The van der Waals surface area contributed by atoms with Gasteiger partial charge in [-0.3, -0.25) is 5.10 Å². The summed E-state index contributed by atoms with van der Waals surface area (Å²) in [5, 5.41) is 10.5. The van der Waals surface area contributed by atoms with Crippen LogP contribution in [-0.4, -0.2) is 28.3 Å². The summed E-state index contributed by atoms with van der Waals surface area (Å²) in [5.74, 6) is 3.40. The van der Waals surface area contributed by atoms with Gasteiger partial charge in [0.05, 0.1) is 0 Å². The zero-order valence-corrected chi connectivity index (χ0v) is 8.88. The van der Waals surface area contributed by atoms with Gasteiger partial charge in [-0.1, -0.05) is 13.8 Å². The molecule has 1 aromatic heterocycles. The first-order chi connectivity index (χ1) is 6.74. The number of aromatic amines is 1. The van der Waals surface area contributed by atoms with E-state index in [4.69, 9.17) is 0 Å². The first-order valence-electron chi connectivity index (χ1n) is 5.35. The summed E-state index contributed by atoms with van der Waals surface area (Å²) in [6.07, 6.45) is 2.01. The van der Waals surface area contributed by atoms with Gasteiger partial charge in [0.2, 0.25) is 0 Å². The lowest BCUT2D eigenvalue weighted by Gasteiger charge is -2.25. The zero-order valence-electron chi connectivity index (χ0n) is 8.88. The van der Waals surface area contributed by atoms with Gasteiger partial charge in [-0.2, -0.15) is 5.10 Å². The fourth-order valence-electron chi connectivity index (χ4n) is 1.66. The van der Waals surface area contributed by atoms with E-state index in [1.54, 1.807) is 0 Å². The monoisotopic (exact) mass is 194 g/mol. The molecule has 0 spiro atoms. The molecule has 0 bridgehead atoms. The van der Waals surface area contributed by atoms with E-state index in [2.05, 4.69) is 34.3 Å². The van der Waals surface area contributed by atoms with Gasteiger partial charge in [0.15, 0.2) is 5.82 Å². The molecular formula is C10H18N4. The van der Waals surface area contributed by atoms with Crippen molar-refractivity contribution in [1.82, 2.24) is 20.5 Å². The summed E-state index contributed by atoms with van der Waals surface area (Å²) in [6, 6.07) is 0. The topological polar surface area (TPSA) is 53.6 Å². The Morgan fingerprint density at radius 3 is 2.79 bits per heavy atom. The highest BCUT2D eigenvalue weighted by Crippen LogP contribution is 2.10. The van der Waals surface area contributed by atoms with E-state index in [0.717, 1.165) is 43.5 Å². The largest absolute Gasteiger partial charge is 0.316 e. The third kappa shape index (κ3) is 2.32. The van der Waals surface area contributed by atoms with Crippen LogP contribution in [0.4, 0.5) is 0 Å². The van der Waals surface area contributed by atoms with Crippen molar-refractivity contribution in [2.45, 2.75) is 26.7 Å². The Hall–Kier alpha value is -0.900. The molecule has 0 amide bonds. The van der Waals surface area contributed by atoms with Gasteiger partial charge in [-0.15, -0.1) is 0 Å². The van der Waals surface area contributed by atoms with Gasteiger partial charge in [0.25, 0.3) is 0 Å². The SMILES string of the molecule is CC(C)Cc1nc(CC2CNC2)n[nH]1. The second-order valence-corrected chi connectivity index (χ2v) is 4.52. The molecule has 1 aliphatic heterocycles. The van der Waals surface area contributed by atoms with Gasteiger partial charge in [0, 0.05) is 12.8 Å². The highest BCUT2D eigenvalue weighted by atomic mass is 15.2. The van der Waals surface area contributed by atoms with E-state index in [-0.39, 0.29) is 0 Å². The van der Waals surface area contributed by atoms with Crippen molar-refractivity contribution < 1.29 is 0 Å². The summed E-state index contributed by atoms with van der Waals surface area (Å²) in [5.41, 5.74) is 0. The molecule has 4 nitrogen and oxygen atoms in total. The Morgan fingerprint density at radius 1 is 1.43 bits per heavy atom. The molecule has 2 N–H and O–H groups in total. The van der Waals surface area contributed by atoms with Crippen LogP contribution in [0.3, 0.4) is 0 Å². The summed E-state index contributed by atoms with van der Waals surface area (Å²) in [4.78, 5) is 4.48. The molecule has 0 aromatic carbocycles. The lowest BCUT2D eigenvalue weighted by molar-refractivity contribution is 0.341. The van der Waals surface area contributed by atoms with Crippen molar-refractivity contribution >= 4 is 0 Å². The minimum Gasteiger partial charge on any atom is -0.316 e. The predicted octanol–water partition coefficient (Wildman–Crippen LogP) is 0.765. The third-order valence-electron chi connectivity index (χ3n) is 2.52. The van der Waals surface area contributed by atoms with Crippen LogP contribution in [0.25, 0.3) is 0 Å². The van der Waals surface area contributed by atoms with Crippen LogP contribution < -0.4 is 5.32 Å². The molecule has 2 heterocycles. The summed E-state index contributed by atoms with van der Waals surface area (Å²) in [6.45, 7) is 6.62. The van der Waals surface area contributed by atoms with Crippen molar-refractivity contribution in [2.24, 2.45) is 11.8 Å². The molecule has 14 heavy (non-hydrogen) atoms. The lowest BCUT2D eigenvalue weighted by atomic mass is 9.99. The molecule has 1 saturated heterocycles. The molecule has 0 radical (unpaired) electrons. The maximum atomic E-state index is 4.48. The minimum atomic E-state index is 0.640. The van der Waals surface area contributed by atoms with Crippen LogP contribution in [0.2, 0.25) is 0 Å². The van der Waals surface area contributed by atoms with Crippen molar-refractivity contribution in [2.75, 3.05) is 13.1 Å². The second kappa shape index (κ2) is 4.09. The van der Waals surface area contributed by atoms with Crippen molar-refractivity contribution in [3.8, 4) is 0 Å². The molecule has 0 atom stereocenters. The summed E-state index contributed by atoms with van der Waals surface area (Å²) >= 11 is 0. The van der Waals surface area contributed by atoms with E-state index in [1.165, 1.54) is 0 Å². The van der Waals surface area contributed by atoms with Crippen LogP contribution in [0, 0.1) is 11.8 Å². The minimum absolute atomic E-state index is 0.640. The molecule has 4 heteroatoms. The molecular weight excluding hydrogens is 176 g/mol. The zero-order chi connectivity index (χ0) is 9.97. The Bertz CT molecular complexity index is 288. The van der Waals surface area contributed by atoms with Gasteiger partial charge < -0.3 is 5.32 Å². The van der Waals surface area contributed by atoms with E-state index in [9.17, 15) is 0 Å². The van der Waals surface area contributed by atoms with Crippen LogP contribution >= 0.6 is 0 Å². The Labute approximate surface area is 84.5 Å². The number of H-pyrrole nitrogens is 1. The maximum absolute atomic E-state index is 4.48. The maximum Gasteiger partial charge on any atom is 0.151 e. The predicted molar refractivity (Wildman–Crippen MR) is 55.0 cm³/mol. The number of nitrogens with zero attached hydrogens (tertiary/aromatic N) is 2. The number of aromatic nitrogens is 3. The number of hydrogen-bond donors (Lipinski definition) is 2.